The van der Waals surface area contributed by atoms with Gasteiger partial charge in [-0.05, 0) is 26.7 Å². The molecule has 20 heavy (non-hydrogen) atoms. The van der Waals surface area contributed by atoms with Gasteiger partial charge in [0.05, 0.1) is 0 Å². The standard InChI is InChI=1S/C12H16ClN3O2S2/c1-8-4-3-5-9(2)16(8)20(17,18)11-10(13)14-12-15(11)6-7-19-12/h6-9H,3-5H2,1-2H3/t8-,9+. The van der Waals surface area contributed by atoms with Crippen molar-refractivity contribution < 1.29 is 8.42 Å². The normalized spacial score (nSPS) is 25.4. The van der Waals surface area contributed by atoms with Gasteiger partial charge in [-0.15, -0.1) is 11.3 Å². The molecule has 3 heterocycles. The first-order valence-electron chi connectivity index (χ1n) is 6.57. The second kappa shape index (κ2) is 4.98. The van der Waals surface area contributed by atoms with Crippen LogP contribution in [-0.4, -0.2) is 34.2 Å². The second-order valence-corrected chi connectivity index (χ2v) is 8.22. The minimum absolute atomic E-state index is 0.0102. The van der Waals surface area contributed by atoms with Crippen molar-refractivity contribution in [3.8, 4) is 0 Å². The Bertz CT molecular complexity index is 727. The van der Waals surface area contributed by atoms with Crippen LogP contribution in [0.25, 0.3) is 4.96 Å². The van der Waals surface area contributed by atoms with Crippen molar-refractivity contribution in [2.45, 2.75) is 50.2 Å². The Hall–Kier alpha value is -0.630. The molecule has 0 amide bonds. The number of halogens is 1. The first kappa shape index (κ1) is 14.3. The van der Waals surface area contributed by atoms with Gasteiger partial charge in [0.1, 0.15) is 0 Å². The maximum atomic E-state index is 13.0. The van der Waals surface area contributed by atoms with Gasteiger partial charge in [-0.2, -0.15) is 4.31 Å². The highest BCUT2D eigenvalue weighted by Gasteiger charge is 2.39. The zero-order chi connectivity index (χ0) is 14.5. The van der Waals surface area contributed by atoms with Gasteiger partial charge in [0.2, 0.25) is 0 Å². The first-order chi connectivity index (χ1) is 9.43. The van der Waals surface area contributed by atoms with E-state index in [2.05, 4.69) is 4.98 Å². The predicted molar refractivity (Wildman–Crippen MR) is 79.9 cm³/mol. The highest BCUT2D eigenvalue weighted by Crippen LogP contribution is 2.33. The molecule has 0 radical (unpaired) electrons. The molecule has 5 nitrogen and oxygen atoms in total. The summed E-state index contributed by atoms with van der Waals surface area (Å²) in [6.07, 6.45) is 4.52. The summed E-state index contributed by atoms with van der Waals surface area (Å²) in [5, 5.41) is 1.96. The molecule has 0 bridgehead atoms. The average molecular weight is 334 g/mol. The Morgan fingerprint density at radius 3 is 2.65 bits per heavy atom. The summed E-state index contributed by atoms with van der Waals surface area (Å²) in [6.45, 7) is 3.90. The summed E-state index contributed by atoms with van der Waals surface area (Å²) < 4.78 is 29.1. The van der Waals surface area contributed by atoms with Gasteiger partial charge in [-0.25, -0.2) is 13.4 Å². The van der Waals surface area contributed by atoms with E-state index in [4.69, 9.17) is 11.6 Å². The van der Waals surface area contributed by atoms with Crippen LogP contribution in [0.2, 0.25) is 5.15 Å². The summed E-state index contributed by atoms with van der Waals surface area (Å²) in [5.41, 5.74) is 0. The molecule has 110 valence electrons. The molecule has 0 aliphatic carbocycles. The minimum Gasteiger partial charge on any atom is -0.279 e. The van der Waals surface area contributed by atoms with Crippen LogP contribution in [0.4, 0.5) is 0 Å². The van der Waals surface area contributed by atoms with Crippen LogP contribution in [0.5, 0.6) is 0 Å². The lowest BCUT2D eigenvalue weighted by molar-refractivity contribution is 0.203. The maximum Gasteiger partial charge on any atom is 0.262 e. The molecule has 1 aliphatic heterocycles. The van der Waals surface area contributed by atoms with Crippen LogP contribution in [0, 0.1) is 0 Å². The van der Waals surface area contributed by atoms with Crippen LogP contribution in [0.3, 0.4) is 0 Å². The van der Waals surface area contributed by atoms with E-state index in [1.165, 1.54) is 11.3 Å². The van der Waals surface area contributed by atoms with Gasteiger partial charge in [-0.3, -0.25) is 4.40 Å². The molecule has 2 aromatic rings. The van der Waals surface area contributed by atoms with Crippen molar-refractivity contribution in [3.63, 3.8) is 0 Å². The van der Waals surface area contributed by atoms with Gasteiger partial charge in [0.25, 0.3) is 10.0 Å². The molecule has 0 N–H and O–H groups in total. The number of hydrogen-bond donors (Lipinski definition) is 0. The molecule has 1 aliphatic rings. The maximum absolute atomic E-state index is 13.0. The van der Waals surface area contributed by atoms with Crippen LogP contribution in [0.1, 0.15) is 33.1 Å². The summed E-state index contributed by atoms with van der Waals surface area (Å²) >= 11 is 7.45. The predicted octanol–water partition coefficient (Wildman–Crippen LogP) is 3.00. The van der Waals surface area contributed by atoms with Gasteiger partial charge in [0.15, 0.2) is 15.1 Å². The fraction of sp³-hybridized carbons (Fsp3) is 0.583. The van der Waals surface area contributed by atoms with Crippen molar-refractivity contribution in [3.05, 3.63) is 16.7 Å². The topological polar surface area (TPSA) is 54.7 Å². The number of imidazole rings is 1. The Morgan fingerprint density at radius 1 is 1.35 bits per heavy atom. The number of fused-ring (bicyclic) bond motifs is 1. The summed E-state index contributed by atoms with van der Waals surface area (Å²) in [5.74, 6) is 0. The summed E-state index contributed by atoms with van der Waals surface area (Å²) in [6, 6.07) is -0.0204. The third-order valence-electron chi connectivity index (χ3n) is 3.81. The first-order valence-corrected chi connectivity index (χ1v) is 9.27. The number of rotatable bonds is 2. The number of nitrogens with zero attached hydrogens (tertiary/aromatic N) is 3. The molecular weight excluding hydrogens is 318 g/mol. The highest BCUT2D eigenvalue weighted by molar-refractivity contribution is 7.89. The van der Waals surface area contributed by atoms with Crippen molar-refractivity contribution in [2.24, 2.45) is 0 Å². The molecule has 1 fully saturated rings. The van der Waals surface area contributed by atoms with E-state index in [1.807, 2.05) is 13.8 Å². The zero-order valence-corrected chi connectivity index (χ0v) is 13.7. The zero-order valence-electron chi connectivity index (χ0n) is 11.3. The molecule has 8 heteroatoms. The van der Waals surface area contributed by atoms with Crippen LogP contribution >= 0.6 is 22.9 Å². The van der Waals surface area contributed by atoms with E-state index >= 15 is 0 Å². The van der Waals surface area contributed by atoms with Gasteiger partial charge >= 0.3 is 0 Å². The third-order valence-corrected chi connectivity index (χ3v) is 7.10. The Labute approximate surface area is 127 Å². The van der Waals surface area contributed by atoms with Crippen molar-refractivity contribution >= 4 is 37.9 Å². The van der Waals surface area contributed by atoms with Crippen LogP contribution in [-0.2, 0) is 10.0 Å². The monoisotopic (exact) mass is 333 g/mol. The number of thiazole rings is 1. The molecule has 0 unspecified atom stereocenters. The molecule has 3 rings (SSSR count). The van der Waals surface area contributed by atoms with Gasteiger partial charge < -0.3 is 0 Å². The molecule has 2 aromatic heterocycles. The van der Waals surface area contributed by atoms with E-state index in [9.17, 15) is 8.42 Å². The molecular formula is C12H16ClN3O2S2. The Kier molecular flexibility index (Phi) is 3.56. The number of piperidine rings is 1. The van der Waals surface area contributed by atoms with E-state index in [0.717, 1.165) is 19.3 Å². The van der Waals surface area contributed by atoms with Gasteiger partial charge in [-0.1, -0.05) is 18.0 Å². The molecule has 0 aromatic carbocycles. The SMILES string of the molecule is C[C@@H]1CCC[C@H](C)N1S(=O)(=O)c1c(Cl)nc2sccn12. The van der Waals surface area contributed by atoms with Crippen LogP contribution in [0.15, 0.2) is 16.6 Å². The smallest absolute Gasteiger partial charge is 0.262 e. The van der Waals surface area contributed by atoms with E-state index in [-0.39, 0.29) is 22.3 Å². The average Bonchev–Trinajstić information content (AvgIpc) is 2.87. The fourth-order valence-corrected chi connectivity index (χ4v) is 6.24. The highest BCUT2D eigenvalue weighted by atomic mass is 35.5. The summed E-state index contributed by atoms with van der Waals surface area (Å²) in [7, 11) is -3.64. The number of sulfonamides is 1. The van der Waals surface area contributed by atoms with Crippen molar-refractivity contribution in [2.75, 3.05) is 0 Å². The Balaban J connectivity index is 2.16. The lowest BCUT2D eigenvalue weighted by atomic mass is 10.0. The summed E-state index contributed by atoms with van der Waals surface area (Å²) in [4.78, 5) is 4.73. The third kappa shape index (κ3) is 2.07. The van der Waals surface area contributed by atoms with E-state index in [1.54, 1.807) is 20.3 Å². The molecule has 2 atom stereocenters. The number of aromatic nitrogens is 2. The molecule has 0 spiro atoms. The Morgan fingerprint density at radius 2 is 2.00 bits per heavy atom. The van der Waals surface area contributed by atoms with Gasteiger partial charge in [0, 0.05) is 23.7 Å². The van der Waals surface area contributed by atoms with Crippen molar-refractivity contribution in [1.82, 2.24) is 13.7 Å². The fourth-order valence-electron chi connectivity index (χ4n) is 2.94. The number of hydrogen-bond acceptors (Lipinski definition) is 4. The molecule has 1 saturated heterocycles. The van der Waals surface area contributed by atoms with E-state index < -0.39 is 10.0 Å². The largest absolute Gasteiger partial charge is 0.279 e. The lowest BCUT2D eigenvalue weighted by Crippen LogP contribution is -2.47. The lowest BCUT2D eigenvalue weighted by Gasteiger charge is -2.37. The quantitative estimate of drug-likeness (QED) is 0.849. The van der Waals surface area contributed by atoms with E-state index in [0.29, 0.717) is 4.96 Å². The molecule has 0 saturated carbocycles. The van der Waals surface area contributed by atoms with Crippen molar-refractivity contribution in [1.29, 1.82) is 0 Å². The van der Waals surface area contributed by atoms with Crippen LogP contribution < -0.4 is 0 Å². The minimum atomic E-state index is -3.64. The second-order valence-electron chi connectivity index (χ2n) is 5.23.